The monoisotopic (exact) mass is 900 g/mol. The first-order chi connectivity index (χ1) is 26.1. The maximum absolute atomic E-state index is 6.16. The topological polar surface area (TPSA) is 75.0 Å². The number of hydrogen-bond acceptors (Lipinski definition) is 9. The molecule has 0 saturated carbocycles. The average molecular weight is 902 g/mol. The zero-order valence-corrected chi connectivity index (χ0v) is 32.3. The molecule has 10 nitrogen and oxygen atoms in total. The Morgan fingerprint density at radius 1 is 0.509 bits per heavy atom. The Bertz CT molecular complexity index is 2480. The van der Waals surface area contributed by atoms with Gasteiger partial charge in [0.05, 0.1) is 0 Å². The van der Waals surface area contributed by atoms with Crippen LogP contribution in [0.3, 0.4) is 0 Å². The number of ether oxygens (including phenoxy) is 2. The summed E-state index contributed by atoms with van der Waals surface area (Å²) < 4.78 is 14.4. The third-order valence-electron chi connectivity index (χ3n) is 9.25. The second kappa shape index (κ2) is 14.8. The third kappa shape index (κ3) is 6.48. The second-order valence-corrected chi connectivity index (χ2v) is 12.6. The van der Waals surface area contributed by atoms with Crippen LogP contribution in [0.1, 0.15) is 0 Å². The Hall–Kier alpha value is -5.75. The van der Waals surface area contributed by atoms with E-state index in [1.807, 2.05) is 67.2 Å². The molecule has 0 aliphatic carbocycles. The van der Waals surface area contributed by atoms with Crippen LogP contribution in [0.25, 0.3) is 27.5 Å². The van der Waals surface area contributed by atoms with Crippen LogP contribution in [0, 0.1) is 37.6 Å². The number of benzene rings is 4. The first kappa shape index (κ1) is 36.2. The van der Waals surface area contributed by atoms with Gasteiger partial charge in [0.2, 0.25) is 11.8 Å². The molecule has 0 radical (unpaired) electrons. The fourth-order valence-corrected chi connectivity index (χ4v) is 6.86. The van der Waals surface area contributed by atoms with Gasteiger partial charge in [-0.15, -0.1) is 23.5 Å². The molecule has 55 heavy (non-hydrogen) atoms. The first-order valence-corrected chi connectivity index (χ1v) is 17.0. The molecule has 0 fully saturated rings. The summed E-state index contributed by atoms with van der Waals surface area (Å²) in [7, 11) is 4.09. The molecule has 0 bridgehead atoms. The van der Waals surface area contributed by atoms with Crippen molar-refractivity contribution in [1.29, 1.82) is 0 Å². The normalized spacial score (nSPS) is 13.1. The molecular formula is C43H28N8O2Pd2-6. The van der Waals surface area contributed by atoms with E-state index in [0.29, 0.717) is 17.4 Å². The summed E-state index contributed by atoms with van der Waals surface area (Å²) in [6.07, 6.45) is 3.32. The van der Waals surface area contributed by atoms with Crippen molar-refractivity contribution in [2.45, 2.75) is 0 Å². The average Bonchev–Trinajstić information content (AvgIpc) is 3.83. The van der Waals surface area contributed by atoms with Crippen LogP contribution in [-0.2, 0) is 40.8 Å². The van der Waals surface area contributed by atoms with Gasteiger partial charge in [0.25, 0.3) is 0 Å². The molecule has 10 rings (SSSR count). The minimum atomic E-state index is 0. The Kier molecular flexibility index (Phi) is 9.77. The van der Waals surface area contributed by atoms with Crippen molar-refractivity contribution in [2.75, 3.05) is 33.7 Å². The minimum absolute atomic E-state index is 0. The molecule has 8 aromatic rings. The molecule has 2 aliphatic rings. The van der Waals surface area contributed by atoms with Crippen molar-refractivity contribution in [3.8, 4) is 29.2 Å². The van der Waals surface area contributed by atoms with Crippen molar-refractivity contribution in [2.24, 2.45) is 0 Å². The van der Waals surface area contributed by atoms with E-state index in [0.717, 1.165) is 55.9 Å². The number of para-hydroxylation sites is 4. The van der Waals surface area contributed by atoms with Gasteiger partial charge in [-0.05, 0) is 50.5 Å². The van der Waals surface area contributed by atoms with Gasteiger partial charge in [-0.3, -0.25) is 4.98 Å². The van der Waals surface area contributed by atoms with Crippen LogP contribution < -0.4 is 29.1 Å². The fraction of sp³-hybridized carbons (Fsp3) is 0.0465. The van der Waals surface area contributed by atoms with Crippen molar-refractivity contribution < 1.29 is 50.3 Å². The van der Waals surface area contributed by atoms with Crippen LogP contribution in [0.15, 0.2) is 122 Å². The first-order valence-electron chi connectivity index (χ1n) is 17.0. The number of fused-ring (bicyclic) bond motifs is 5. The molecule has 4 aromatic heterocycles. The molecule has 0 amide bonds. The number of nitrogens with zero attached hydrogens (tertiary/aromatic N) is 8. The molecule has 0 atom stereocenters. The summed E-state index contributed by atoms with van der Waals surface area (Å²) in [6.45, 7) is 4.14. The molecule has 278 valence electrons. The van der Waals surface area contributed by atoms with Crippen molar-refractivity contribution in [3.63, 3.8) is 0 Å². The molecule has 0 saturated heterocycles. The summed E-state index contributed by atoms with van der Waals surface area (Å²) in [5.41, 5.74) is 8.15. The van der Waals surface area contributed by atoms with Crippen LogP contribution in [0.2, 0.25) is 0 Å². The molecular weight excluding hydrogens is 873 g/mol. The number of hydrogen-bond donors (Lipinski definition) is 0. The molecule has 6 heterocycles. The Labute approximate surface area is 345 Å². The quantitative estimate of drug-likeness (QED) is 0.115. The van der Waals surface area contributed by atoms with Crippen molar-refractivity contribution in [3.05, 3.63) is 159 Å². The maximum Gasteiger partial charge on any atom is 0.217 e. The smallest absolute Gasteiger partial charge is 0.217 e. The van der Waals surface area contributed by atoms with Crippen molar-refractivity contribution in [1.82, 2.24) is 19.5 Å². The minimum Gasteiger partial charge on any atom is -0.504 e. The van der Waals surface area contributed by atoms with E-state index < -0.39 is 0 Å². The maximum atomic E-state index is 6.16. The predicted octanol–water partition coefficient (Wildman–Crippen LogP) is 9.16. The van der Waals surface area contributed by atoms with E-state index >= 15 is 0 Å². The van der Waals surface area contributed by atoms with Gasteiger partial charge < -0.3 is 51.5 Å². The number of aromatic nitrogens is 4. The fourth-order valence-electron chi connectivity index (χ4n) is 6.86. The van der Waals surface area contributed by atoms with Gasteiger partial charge in [-0.2, -0.15) is 48.4 Å². The summed E-state index contributed by atoms with van der Waals surface area (Å²) in [5, 5.41) is 1.96. The van der Waals surface area contributed by atoms with E-state index in [1.54, 1.807) is 24.5 Å². The third-order valence-corrected chi connectivity index (χ3v) is 9.25. The Morgan fingerprint density at radius 3 is 1.38 bits per heavy atom. The van der Waals surface area contributed by atoms with Gasteiger partial charge in [-0.25, -0.2) is 9.97 Å². The zero-order chi connectivity index (χ0) is 35.5. The number of anilines is 6. The van der Waals surface area contributed by atoms with Gasteiger partial charge in [0.1, 0.15) is 0 Å². The Balaban J connectivity index is 0.00000214. The van der Waals surface area contributed by atoms with E-state index in [9.17, 15) is 0 Å². The van der Waals surface area contributed by atoms with E-state index in [-0.39, 0.29) is 52.6 Å². The molecule has 12 heteroatoms. The van der Waals surface area contributed by atoms with Gasteiger partial charge in [0, 0.05) is 99.9 Å². The van der Waals surface area contributed by atoms with Crippen LogP contribution in [0.5, 0.6) is 23.5 Å². The summed E-state index contributed by atoms with van der Waals surface area (Å²) in [6, 6.07) is 50.1. The number of rotatable bonds is 7. The second-order valence-electron chi connectivity index (χ2n) is 12.6. The predicted molar refractivity (Wildman–Crippen MR) is 205 cm³/mol. The number of pyridine rings is 3. The van der Waals surface area contributed by atoms with Crippen LogP contribution in [-0.4, -0.2) is 33.6 Å². The molecule has 2 aliphatic heterocycles. The van der Waals surface area contributed by atoms with E-state index in [2.05, 4.69) is 121 Å². The van der Waals surface area contributed by atoms with E-state index in [4.69, 9.17) is 9.47 Å². The van der Waals surface area contributed by atoms with Gasteiger partial charge in [-0.1, -0.05) is 47.4 Å². The zero-order valence-electron chi connectivity index (χ0n) is 29.2. The molecule has 0 unspecified atom stereocenters. The van der Waals surface area contributed by atoms with Crippen LogP contribution >= 0.6 is 0 Å². The largest absolute Gasteiger partial charge is 0.504 e. The summed E-state index contributed by atoms with van der Waals surface area (Å²) >= 11 is 0. The molecule has 0 spiro atoms. The van der Waals surface area contributed by atoms with E-state index in [1.165, 1.54) is 0 Å². The van der Waals surface area contributed by atoms with Gasteiger partial charge in [0.15, 0.2) is 0 Å². The standard InChI is InChI=1S/C43H28N8O2.2Pd/c1-47-27-49(36-13-5-3-11-34(36)47)29-17-19-32-33-20-18-30(50-28-48(2)35-12-4-6-14-37(35)50)24-39(33)51(38(32)23-29)31-25-42(52-40-15-7-9-21-44-40)46-43(26-31)53-41-16-8-10-22-45-41;;/h3-22,27-28H,1-2H3;;/q-6;;. The Morgan fingerprint density at radius 2 is 0.945 bits per heavy atom. The van der Waals surface area contributed by atoms with Gasteiger partial charge >= 0.3 is 0 Å². The summed E-state index contributed by atoms with van der Waals surface area (Å²) in [4.78, 5) is 21.8. The summed E-state index contributed by atoms with van der Waals surface area (Å²) in [5.74, 6) is 1.03. The van der Waals surface area contributed by atoms with Crippen molar-refractivity contribution >= 4 is 55.9 Å². The molecule has 4 aromatic carbocycles. The molecule has 0 N–H and O–H groups in total. The van der Waals surface area contributed by atoms with Crippen LogP contribution in [0.4, 0.5) is 34.1 Å². The SMILES string of the molecule is CN1[CH-]N(c2[c-]c3c(cc2)c2ccc(N4[CH-]N(C)c5ccccc54)[c-]c2n3-c2[c-]c(Oc3ccccn3)nc(Oc3ccccn3)[c-]2)c2ccccc21.[Pd].[Pd].